The molecule has 2 fully saturated rings. The number of fused-ring (bicyclic) bond motifs is 1. The molecule has 4 rings (SSSR count). The monoisotopic (exact) mass is 317 g/mol. The van der Waals surface area contributed by atoms with E-state index in [1.165, 1.54) is 5.56 Å². The number of aryl methyl sites for hydroxylation is 2. The highest BCUT2D eigenvalue weighted by atomic mass is 16.5. The Kier molecular flexibility index (Phi) is 4.49. The Hall–Kier alpha value is -1.20. The van der Waals surface area contributed by atoms with Crippen molar-refractivity contribution in [2.24, 2.45) is 0 Å². The largest absolute Gasteiger partial charge is 0.381 e. The lowest BCUT2D eigenvalue weighted by molar-refractivity contribution is 0.0722. The van der Waals surface area contributed by atoms with E-state index in [9.17, 15) is 4.79 Å². The van der Waals surface area contributed by atoms with Gasteiger partial charge >= 0.3 is 0 Å². The van der Waals surface area contributed by atoms with Gasteiger partial charge in [-0.25, -0.2) is 4.68 Å². The quantitative estimate of drug-likeness (QED) is 0.926. The minimum Gasteiger partial charge on any atom is -0.381 e. The number of hydrogen-bond acceptors (Lipinski definition) is 4. The summed E-state index contributed by atoms with van der Waals surface area (Å²) in [7, 11) is 0. The Balaban J connectivity index is 1.37. The van der Waals surface area contributed by atoms with Gasteiger partial charge in [0.15, 0.2) is 0 Å². The molecule has 0 atom stereocenters. The molecule has 5 nitrogen and oxygen atoms in total. The van der Waals surface area contributed by atoms with E-state index in [1.54, 1.807) is 4.68 Å². The molecule has 0 unspecified atom stereocenters. The van der Waals surface area contributed by atoms with Crippen LogP contribution in [0.5, 0.6) is 0 Å². The van der Waals surface area contributed by atoms with Crippen molar-refractivity contribution < 1.29 is 4.74 Å². The molecule has 1 N–H and O–H groups in total. The molecule has 1 aromatic rings. The van der Waals surface area contributed by atoms with Crippen LogP contribution >= 0.6 is 0 Å². The summed E-state index contributed by atoms with van der Waals surface area (Å²) in [6, 6.07) is 3.34. The van der Waals surface area contributed by atoms with Gasteiger partial charge in [0.25, 0.3) is 5.56 Å². The van der Waals surface area contributed by atoms with E-state index in [1.807, 2.05) is 6.07 Å². The normalized spacial score (nSPS) is 28.7. The van der Waals surface area contributed by atoms with Crippen molar-refractivity contribution in [2.75, 3.05) is 13.2 Å². The lowest BCUT2D eigenvalue weighted by Crippen LogP contribution is -2.44. The van der Waals surface area contributed by atoms with Gasteiger partial charge in [-0.3, -0.25) is 4.79 Å². The van der Waals surface area contributed by atoms with Crippen molar-refractivity contribution >= 4 is 0 Å². The molecule has 0 aromatic carbocycles. The molecule has 23 heavy (non-hydrogen) atoms. The zero-order chi connectivity index (χ0) is 15.6. The second-order valence-corrected chi connectivity index (χ2v) is 7.31. The van der Waals surface area contributed by atoms with Crippen molar-refractivity contribution in [3.63, 3.8) is 0 Å². The van der Waals surface area contributed by atoms with Crippen molar-refractivity contribution in [1.29, 1.82) is 0 Å². The van der Waals surface area contributed by atoms with Gasteiger partial charge in [-0.05, 0) is 63.4 Å². The Bertz CT molecular complexity index is 599. The van der Waals surface area contributed by atoms with Gasteiger partial charge in [0.2, 0.25) is 0 Å². The van der Waals surface area contributed by atoms with Crippen molar-refractivity contribution in [3.8, 4) is 0 Å². The maximum absolute atomic E-state index is 12.3. The zero-order valence-corrected chi connectivity index (χ0v) is 13.8. The third kappa shape index (κ3) is 3.36. The number of rotatable bonds is 3. The Morgan fingerprint density at radius 3 is 2.57 bits per heavy atom. The highest BCUT2D eigenvalue weighted by molar-refractivity contribution is 5.22. The van der Waals surface area contributed by atoms with Crippen molar-refractivity contribution in [3.05, 3.63) is 27.7 Å². The Morgan fingerprint density at radius 2 is 1.78 bits per heavy atom. The lowest BCUT2D eigenvalue weighted by Gasteiger charge is -2.33. The van der Waals surface area contributed by atoms with Crippen LogP contribution in [-0.2, 0) is 17.6 Å². The minimum absolute atomic E-state index is 0.103. The number of ether oxygens (including phenoxy) is 1. The van der Waals surface area contributed by atoms with E-state index in [-0.39, 0.29) is 5.56 Å². The highest BCUT2D eigenvalue weighted by Gasteiger charge is 2.27. The van der Waals surface area contributed by atoms with Crippen molar-refractivity contribution in [1.82, 2.24) is 15.1 Å². The third-order valence-electron chi connectivity index (χ3n) is 5.72. The molecule has 1 saturated heterocycles. The van der Waals surface area contributed by atoms with E-state index in [4.69, 9.17) is 4.74 Å². The summed E-state index contributed by atoms with van der Waals surface area (Å²) in [5.74, 6) is 0. The summed E-state index contributed by atoms with van der Waals surface area (Å²) >= 11 is 0. The average Bonchev–Trinajstić information content (AvgIpc) is 3.03. The van der Waals surface area contributed by atoms with Gasteiger partial charge in [-0.15, -0.1) is 0 Å². The lowest BCUT2D eigenvalue weighted by atomic mass is 9.90. The third-order valence-corrected chi connectivity index (χ3v) is 5.72. The molecule has 1 saturated carbocycles. The minimum atomic E-state index is 0.103. The van der Waals surface area contributed by atoms with Gasteiger partial charge < -0.3 is 10.1 Å². The summed E-state index contributed by atoms with van der Waals surface area (Å²) in [6.07, 6.45) is 9.89. The molecular weight excluding hydrogens is 290 g/mol. The van der Waals surface area contributed by atoms with Crippen LogP contribution in [0.3, 0.4) is 0 Å². The molecule has 1 aromatic heterocycles. The van der Waals surface area contributed by atoms with E-state index in [0.717, 1.165) is 76.7 Å². The molecule has 0 bridgehead atoms. The molecule has 0 spiro atoms. The van der Waals surface area contributed by atoms with Crippen LogP contribution in [0.25, 0.3) is 0 Å². The average molecular weight is 317 g/mol. The van der Waals surface area contributed by atoms with Gasteiger partial charge in [-0.1, -0.05) is 0 Å². The van der Waals surface area contributed by atoms with Crippen LogP contribution in [0.1, 0.15) is 62.2 Å². The number of aromatic nitrogens is 2. The molecular formula is C18H27N3O2. The fourth-order valence-corrected chi connectivity index (χ4v) is 4.36. The maximum Gasteiger partial charge on any atom is 0.267 e. The van der Waals surface area contributed by atoms with Crippen LogP contribution in [0, 0.1) is 0 Å². The molecule has 3 aliphatic rings. The van der Waals surface area contributed by atoms with Crippen molar-refractivity contribution in [2.45, 2.75) is 75.9 Å². The smallest absolute Gasteiger partial charge is 0.267 e. The molecule has 2 heterocycles. The molecule has 1 aliphatic heterocycles. The van der Waals surface area contributed by atoms with E-state index in [2.05, 4.69) is 10.4 Å². The van der Waals surface area contributed by atoms with Crippen LogP contribution in [-0.4, -0.2) is 35.1 Å². The summed E-state index contributed by atoms with van der Waals surface area (Å²) in [5, 5.41) is 8.48. The first kappa shape index (κ1) is 15.3. The van der Waals surface area contributed by atoms with Crippen LogP contribution in [0.2, 0.25) is 0 Å². The number of nitrogens with one attached hydrogen (secondary N) is 1. The second kappa shape index (κ2) is 6.73. The summed E-state index contributed by atoms with van der Waals surface area (Å²) in [6.45, 7) is 1.78. The summed E-state index contributed by atoms with van der Waals surface area (Å²) in [4.78, 5) is 12.3. The van der Waals surface area contributed by atoms with Gasteiger partial charge in [0.05, 0.1) is 11.7 Å². The predicted molar refractivity (Wildman–Crippen MR) is 88.8 cm³/mol. The molecule has 0 radical (unpaired) electrons. The van der Waals surface area contributed by atoms with Gasteiger partial charge in [0.1, 0.15) is 0 Å². The fraction of sp³-hybridized carbons (Fsp3) is 0.778. The first-order chi connectivity index (χ1) is 11.3. The van der Waals surface area contributed by atoms with E-state index in [0.29, 0.717) is 18.1 Å². The second-order valence-electron chi connectivity index (χ2n) is 7.31. The van der Waals surface area contributed by atoms with Crippen LogP contribution in [0.15, 0.2) is 10.9 Å². The van der Waals surface area contributed by atoms with Crippen LogP contribution in [0.4, 0.5) is 0 Å². The first-order valence-corrected chi connectivity index (χ1v) is 9.25. The number of hydrogen-bond donors (Lipinski definition) is 1. The molecule has 126 valence electrons. The Labute approximate surface area is 137 Å². The van der Waals surface area contributed by atoms with Crippen LogP contribution < -0.4 is 10.9 Å². The SMILES string of the molecule is O=c1cc2c(nn1C1CCC(NC3CCOCC3)CC1)CCC2. The first-order valence-electron chi connectivity index (χ1n) is 9.25. The highest BCUT2D eigenvalue weighted by Crippen LogP contribution is 2.28. The van der Waals surface area contributed by atoms with E-state index >= 15 is 0 Å². The Morgan fingerprint density at radius 1 is 1.04 bits per heavy atom. The molecule has 0 amide bonds. The van der Waals surface area contributed by atoms with Gasteiger partial charge in [0, 0.05) is 31.4 Å². The zero-order valence-electron chi connectivity index (χ0n) is 13.8. The number of nitrogens with zero attached hydrogens (tertiary/aromatic N) is 2. The van der Waals surface area contributed by atoms with E-state index < -0.39 is 0 Å². The standard InChI is InChI=1S/C18H27N3O2/c22-18-12-13-2-1-3-17(13)20-21(18)16-6-4-14(5-7-16)19-15-8-10-23-11-9-15/h12,14-16,19H,1-11H2. The van der Waals surface area contributed by atoms with Gasteiger partial charge in [-0.2, -0.15) is 5.10 Å². The molecule has 5 heteroatoms. The fourth-order valence-electron chi connectivity index (χ4n) is 4.36. The molecule has 2 aliphatic carbocycles. The predicted octanol–water partition coefficient (Wildman–Crippen LogP) is 1.98. The summed E-state index contributed by atoms with van der Waals surface area (Å²) < 4.78 is 7.21. The summed E-state index contributed by atoms with van der Waals surface area (Å²) in [5.41, 5.74) is 2.44. The topological polar surface area (TPSA) is 56.2 Å². The maximum atomic E-state index is 12.3.